The normalized spacial score (nSPS) is 23.0. The third-order valence-corrected chi connectivity index (χ3v) is 5.88. The smallest absolute Gasteiger partial charge is 0.315 e. The Morgan fingerprint density at radius 2 is 1.76 bits per heavy atom. The lowest BCUT2D eigenvalue weighted by atomic mass is 10.0. The van der Waals surface area contributed by atoms with Gasteiger partial charge >= 0.3 is 6.03 Å². The summed E-state index contributed by atoms with van der Waals surface area (Å²) in [6.07, 6.45) is 5.42. The second-order valence-corrected chi connectivity index (χ2v) is 8.61. The second-order valence-electron chi connectivity index (χ2n) is 8.61. The number of rotatable bonds is 19. The van der Waals surface area contributed by atoms with Crippen molar-refractivity contribution in [3.63, 3.8) is 0 Å². The van der Waals surface area contributed by atoms with E-state index in [2.05, 4.69) is 38.8 Å². The van der Waals surface area contributed by atoms with Gasteiger partial charge in [-0.15, -0.1) is 0 Å². The number of ether oxygens (including phenoxy) is 3. The Labute approximate surface area is 198 Å². The predicted molar refractivity (Wildman–Crippen MR) is 125 cm³/mol. The molecule has 0 aliphatic carbocycles. The molecule has 11 heteroatoms. The topological polar surface area (TPSA) is 125 Å². The fraction of sp³-hybridized carbons (Fsp3) is 0.909. The van der Waals surface area contributed by atoms with E-state index in [1.54, 1.807) is 0 Å². The molecule has 0 aromatic carbocycles. The average Bonchev–Trinajstić information content (AvgIpc) is 3.39. The number of urea groups is 1. The number of hydrogen-bond acceptors (Lipinski definition) is 8. The van der Waals surface area contributed by atoms with E-state index in [9.17, 15) is 9.59 Å². The molecule has 2 heterocycles. The van der Waals surface area contributed by atoms with E-state index in [-0.39, 0.29) is 24.0 Å². The highest BCUT2D eigenvalue weighted by Gasteiger charge is 2.26. The van der Waals surface area contributed by atoms with Crippen LogP contribution in [-0.4, -0.2) is 94.3 Å². The maximum atomic E-state index is 11.9. The third-order valence-electron chi connectivity index (χ3n) is 5.88. The van der Waals surface area contributed by atoms with E-state index in [0.29, 0.717) is 58.6 Å². The van der Waals surface area contributed by atoms with Crippen molar-refractivity contribution in [3.05, 3.63) is 0 Å². The average molecular weight is 473 g/mol. The van der Waals surface area contributed by atoms with Crippen molar-refractivity contribution in [2.75, 3.05) is 59.3 Å². The predicted octanol–water partition coefficient (Wildman–Crippen LogP) is 0.276. The molecule has 0 spiro atoms. The van der Waals surface area contributed by atoms with Crippen LogP contribution in [0.4, 0.5) is 4.79 Å². The number of hydrazine groups is 2. The van der Waals surface area contributed by atoms with Gasteiger partial charge in [-0.25, -0.2) is 15.2 Å². The van der Waals surface area contributed by atoms with E-state index in [4.69, 9.17) is 14.2 Å². The number of hydrogen-bond donors (Lipinski definition) is 5. The van der Waals surface area contributed by atoms with Gasteiger partial charge in [-0.3, -0.25) is 4.79 Å². The molecule has 33 heavy (non-hydrogen) atoms. The maximum absolute atomic E-state index is 11.9. The summed E-state index contributed by atoms with van der Waals surface area (Å²) < 4.78 is 16.5. The van der Waals surface area contributed by atoms with E-state index in [1.165, 1.54) is 0 Å². The highest BCUT2D eigenvalue weighted by molar-refractivity contribution is 5.77. The molecule has 0 aromatic rings. The van der Waals surface area contributed by atoms with Crippen molar-refractivity contribution in [2.24, 2.45) is 0 Å². The van der Waals surface area contributed by atoms with Crippen LogP contribution in [0.5, 0.6) is 0 Å². The Kier molecular flexibility index (Phi) is 14.3. The van der Waals surface area contributed by atoms with E-state index in [1.807, 2.05) is 6.92 Å². The van der Waals surface area contributed by atoms with Gasteiger partial charge in [0.05, 0.1) is 45.7 Å². The molecular formula is C22H44N6O5. The second kappa shape index (κ2) is 17.0. The van der Waals surface area contributed by atoms with Gasteiger partial charge < -0.3 is 30.2 Å². The Balaban J connectivity index is 1.26. The van der Waals surface area contributed by atoms with Crippen molar-refractivity contribution in [1.29, 1.82) is 0 Å². The first-order valence-corrected chi connectivity index (χ1v) is 12.4. The summed E-state index contributed by atoms with van der Waals surface area (Å²) in [5.41, 5.74) is 6.37. The Bertz CT molecular complexity index is 555. The Morgan fingerprint density at radius 3 is 2.42 bits per heavy atom. The first-order valence-electron chi connectivity index (χ1n) is 12.4. The molecule has 2 rings (SSSR count). The van der Waals surface area contributed by atoms with Gasteiger partial charge in [-0.05, 0) is 26.2 Å². The van der Waals surface area contributed by atoms with Crippen molar-refractivity contribution < 1.29 is 23.8 Å². The summed E-state index contributed by atoms with van der Waals surface area (Å²) in [5, 5.41) is 10.8. The van der Waals surface area contributed by atoms with Crippen LogP contribution in [0, 0.1) is 0 Å². The molecule has 1 unspecified atom stereocenters. The van der Waals surface area contributed by atoms with E-state index in [0.717, 1.165) is 45.2 Å². The van der Waals surface area contributed by atoms with Crippen LogP contribution in [0.25, 0.3) is 0 Å². The monoisotopic (exact) mass is 472 g/mol. The number of carbonyl (C=O) groups is 2. The standard InChI is InChI=1S/C22H44N6O5/c1-3-19-17-28(27-26-19)10-12-32-14-16-33-15-13-31-11-9-23-21(29)8-6-4-5-7-20-18(2)24-22(30)25-20/h18-20,26-27H,3-17H2,1-2H3,(H,23,29)(H2,24,25,30)/t18-,19?,20+/m0/s1. The number of carbonyl (C=O) groups excluding carboxylic acids is 2. The van der Waals surface area contributed by atoms with Crippen LogP contribution < -0.4 is 26.9 Å². The first-order chi connectivity index (χ1) is 16.1. The van der Waals surface area contributed by atoms with Gasteiger partial charge in [0.15, 0.2) is 0 Å². The minimum Gasteiger partial charge on any atom is -0.378 e. The van der Waals surface area contributed by atoms with Gasteiger partial charge in [0.25, 0.3) is 0 Å². The van der Waals surface area contributed by atoms with E-state index >= 15 is 0 Å². The van der Waals surface area contributed by atoms with Crippen LogP contribution >= 0.6 is 0 Å². The fourth-order valence-electron chi connectivity index (χ4n) is 3.78. The third kappa shape index (κ3) is 12.5. The number of nitrogens with one attached hydrogen (secondary N) is 5. The minimum absolute atomic E-state index is 0.0568. The summed E-state index contributed by atoms with van der Waals surface area (Å²) in [7, 11) is 0. The summed E-state index contributed by atoms with van der Waals surface area (Å²) >= 11 is 0. The lowest BCUT2D eigenvalue weighted by molar-refractivity contribution is -0.121. The molecule has 2 aliphatic heterocycles. The van der Waals surface area contributed by atoms with Gasteiger partial charge in [0.2, 0.25) is 5.91 Å². The molecule has 3 amide bonds. The van der Waals surface area contributed by atoms with Crippen molar-refractivity contribution in [3.8, 4) is 0 Å². The summed E-state index contributed by atoms with van der Waals surface area (Å²) in [4.78, 5) is 23.1. The molecule has 5 N–H and O–H groups in total. The highest BCUT2D eigenvalue weighted by Crippen LogP contribution is 2.11. The SMILES string of the molecule is CCC1CN(CCOCCOCCOCCNC(=O)CCCCC[C@H]2NC(=O)N[C@H]2C)NN1. The fourth-order valence-corrected chi connectivity index (χ4v) is 3.78. The largest absolute Gasteiger partial charge is 0.378 e. The van der Waals surface area contributed by atoms with Gasteiger partial charge in [0.1, 0.15) is 0 Å². The molecule has 0 aromatic heterocycles. The van der Waals surface area contributed by atoms with Gasteiger partial charge in [0, 0.05) is 38.1 Å². The van der Waals surface area contributed by atoms with Crippen molar-refractivity contribution in [2.45, 2.75) is 70.5 Å². The van der Waals surface area contributed by atoms with Crippen LogP contribution in [-0.2, 0) is 19.0 Å². The molecule has 11 nitrogen and oxygen atoms in total. The molecule has 0 bridgehead atoms. The number of amides is 3. The Hall–Kier alpha value is -1.50. The zero-order valence-corrected chi connectivity index (χ0v) is 20.3. The molecular weight excluding hydrogens is 428 g/mol. The molecule has 2 saturated heterocycles. The summed E-state index contributed by atoms with van der Waals surface area (Å²) in [6, 6.07) is 0.796. The summed E-state index contributed by atoms with van der Waals surface area (Å²) in [5.74, 6) is 0.0568. The molecule has 192 valence electrons. The molecule has 2 aliphatic rings. The Morgan fingerprint density at radius 1 is 1.03 bits per heavy atom. The van der Waals surface area contributed by atoms with Gasteiger partial charge in [-0.2, -0.15) is 5.53 Å². The molecule has 2 fully saturated rings. The van der Waals surface area contributed by atoms with Crippen molar-refractivity contribution >= 4 is 11.9 Å². The first kappa shape index (κ1) is 27.7. The lowest BCUT2D eigenvalue weighted by Crippen LogP contribution is -2.38. The summed E-state index contributed by atoms with van der Waals surface area (Å²) in [6.45, 7) is 9.80. The maximum Gasteiger partial charge on any atom is 0.315 e. The quantitative estimate of drug-likeness (QED) is 0.170. The highest BCUT2D eigenvalue weighted by atomic mass is 16.5. The lowest BCUT2D eigenvalue weighted by Gasteiger charge is -2.14. The zero-order valence-electron chi connectivity index (χ0n) is 20.3. The zero-order chi connectivity index (χ0) is 23.7. The van der Waals surface area contributed by atoms with Crippen LogP contribution in [0.2, 0.25) is 0 Å². The van der Waals surface area contributed by atoms with Gasteiger partial charge in [-0.1, -0.05) is 19.8 Å². The molecule has 3 atom stereocenters. The van der Waals surface area contributed by atoms with Crippen LogP contribution in [0.1, 0.15) is 52.4 Å². The van der Waals surface area contributed by atoms with Crippen LogP contribution in [0.3, 0.4) is 0 Å². The molecule has 0 radical (unpaired) electrons. The number of nitrogens with zero attached hydrogens (tertiary/aromatic N) is 1. The van der Waals surface area contributed by atoms with E-state index < -0.39 is 0 Å². The van der Waals surface area contributed by atoms with Crippen LogP contribution in [0.15, 0.2) is 0 Å². The minimum atomic E-state index is -0.0842. The van der Waals surface area contributed by atoms with Crippen molar-refractivity contribution in [1.82, 2.24) is 31.9 Å². The number of unbranched alkanes of at least 4 members (excludes halogenated alkanes) is 2. The molecule has 0 saturated carbocycles.